The number of aromatic nitrogens is 1. The number of nitrogens with two attached hydrogens (primary N) is 1. The van der Waals surface area contributed by atoms with Gasteiger partial charge in [0.2, 0.25) is 5.43 Å². The van der Waals surface area contributed by atoms with E-state index in [2.05, 4.69) is 10.1 Å². The summed E-state index contributed by atoms with van der Waals surface area (Å²) in [7, 11) is 0. The molecule has 0 unspecified atom stereocenters. The number of nitrogens with zero attached hydrogens (tertiary/aromatic N) is 3. The van der Waals surface area contributed by atoms with Crippen LogP contribution >= 0.6 is 11.8 Å². The zero-order chi connectivity index (χ0) is 21.9. The molecular weight excluding hydrogens is 416 g/mol. The van der Waals surface area contributed by atoms with Gasteiger partial charge < -0.3 is 25.5 Å². The molecule has 0 spiro atoms. The molecule has 0 atom stereocenters. The average molecular weight is 441 g/mol. The van der Waals surface area contributed by atoms with Gasteiger partial charge in [0.05, 0.1) is 22.6 Å². The lowest BCUT2D eigenvalue weighted by Gasteiger charge is -2.36. The van der Waals surface area contributed by atoms with Crippen LogP contribution in [-0.4, -0.2) is 45.4 Å². The van der Waals surface area contributed by atoms with E-state index in [-0.39, 0.29) is 11.6 Å². The van der Waals surface area contributed by atoms with Gasteiger partial charge in [-0.25, -0.2) is 4.79 Å². The lowest BCUT2D eigenvalue weighted by Crippen LogP contribution is -2.36. The third-order valence-electron chi connectivity index (χ3n) is 6.42. The minimum absolute atomic E-state index is 0.204. The quantitative estimate of drug-likeness (QED) is 0.380. The fraction of sp³-hybridized carbons (Fsp3) is 0.409. The fourth-order valence-corrected chi connectivity index (χ4v) is 5.96. The van der Waals surface area contributed by atoms with Gasteiger partial charge in [-0.05, 0) is 42.7 Å². The minimum atomic E-state index is -1.22. The van der Waals surface area contributed by atoms with Crippen molar-refractivity contribution in [2.75, 3.05) is 29.5 Å². The van der Waals surface area contributed by atoms with Crippen LogP contribution in [0.1, 0.15) is 47.6 Å². The minimum Gasteiger partial charge on any atom is -0.477 e. The van der Waals surface area contributed by atoms with E-state index in [4.69, 9.17) is 5.73 Å². The highest BCUT2D eigenvalue weighted by Crippen LogP contribution is 2.43. The molecule has 0 radical (unpaired) electrons. The van der Waals surface area contributed by atoms with Gasteiger partial charge in [0.15, 0.2) is 0 Å². The molecule has 9 heteroatoms. The predicted octanol–water partition coefficient (Wildman–Crippen LogP) is 3.36. The van der Waals surface area contributed by atoms with Crippen LogP contribution in [0.2, 0.25) is 0 Å². The molecule has 0 amide bonds. The summed E-state index contributed by atoms with van der Waals surface area (Å²) < 4.78 is 1.95. The first kappa shape index (κ1) is 20.0. The van der Waals surface area contributed by atoms with Crippen molar-refractivity contribution in [1.82, 2.24) is 4.57 Å². The Kier molecular flexibility index (Phi) is 4.73. The third kappa shape index (κ3) is 3.18. The molecule has 1 fully saturated rings. The van der Waals surface area contributed by atoms with E-state index in [1.54, 1.807) is 6.07 Å². The van der Waals surface area contributed by atoms with E-state index in [1.165, 1.54) is 11.1 Å². The summed E-state index contributed by atoms with van der Waals surface area (Å²) in [6.45, 7) is 3.33. The lowest BCUT2D eigenvalue weighted by atomic mass is 9.98. The van der Waals surface area contributed by atoms with Gasteiger partial charge in [-0.1, -0.05) is 5.16 Å². The van der Waals surface area contributed by atoms with Gasteiger partial charge in [-0.15, -0.1) is 11.8 Å². The van der Waals surface area contributed by atoms with Crippen molar-refractivity contribution in [2.24, 2.45) is 5.16 Å². The second-order valence-corrected chi connectivity index (χ2v) is 9.56. The number of hydrogen-bond acceptors (Lipinski definition) is 7. The predicted molar refractivity (Wildman–Crippen MR) is 123 cm³/mol. The number of thioether (sulfide) groups is 1. The lowest BCUT2D eigenvalue weighted by molar-refractivity contribution is 0.0695. The molecule has 0 saturated heterocycles. The highest BCUT2D eigenvalue weighted by Gasteiger charge is 2.31. The number of oxime groups is 1. The number of hydrogen-bond donors (Lipinski definition) is 3. The van der Waals surface area contributed by atoms with Crippen LogP contribution in [0.15, 0.2) is 32.7 Å². The van der Waals surface area contributed by atoms with Crippen molar-refractivity contribution in [2.45, 2.75) is 38.6 Å². The van der Waals surface area contributed by atoms with Crippen molar-refractivity contribution >= 4 is 45.7 Å². The summed E-state index contributed by atoms with van der Waals surface area (Å²) in [5, 5.41) is 22.9. The second kappa shape index (κ2) is 7.33. The largest absolute Gasteiger partial charge is 0.477 e. The number of carbonyl (C=O) groups is 1. The van der Waals surface area contributed by atoms with E-state index >= 15 is 0 Å². The maximum atomic E-state index is 12.9. The van der Waals surface area contributed by atoms with Crippen LogP contribution in [0, 0.1) is 6.92 Å². The molecule has 8 nitrogen and oxygen atoms in total. The van der Waals surface area contributed by atoms with E-state index in [9.17, 15) is 19.9 Å². The number of nitrogen functional groups attached to an aromatic ring is 1. The molecule has 5 rings (SSSR count). The number of pyridine rings is 1. The van der Waals surface area contributed by atoms with Crippen molar-refractivity contribution in [3.63, 3.8) is 0 Å². The number of carboxylic acid groups (broad SMARTS) is 1. The Morgan fingerprint density at radius 3 is 2.77 bits per heavy atom. The first-order chi connectivity index (χ1) is 14.9. The van der Waals surface area contributed by atoms with Crippen molar-refractivity contribution in [3.8, 4) is 0 Å². The molecular formula is C22H24N4O4S. The summed E-state index contributed by atoms with van der Waals surface area (Å²) in [4.78, 5) is 28.0. The smallest absolute Gasteiger partial charge is 0.341 e. The van der Waals surface area contributed by atoms with Gasteiger partial charge in [-0.2, -0.15) is 0 Å². The normalized spacial score (nSPS) is 20.4. The average Bonchev–Trinajstić information content (AvgIpc) is 3.59. The second-order valence-electron chi connectivity index (χ2n) is 8.37. The Morgan fingerprint density at radius 1 is 1.32 bits per heavy atom. The molecule has 0 bridgehead atoms. The molecule has 1 aromatic heterocycles. The van der Waals surface area contributed by atoms with Crippen LogP contribution < -0.4 is 16.1 Å². The fourth-order valence-electron chi connectivity index (χ4n) is 4.83. The van der Waals surface area contributed by atoms with E-state index < -0.39 is 11.4 Å². The molecule has 3 heterocycles. The van der Waals surface area contributed by atoms with Gasteiger partial charge in [0.25, 0.3) is 0 Å². The maximum absolute atomic E-state index is 12.9. The highest BCUT2D eigenvalue weighted by molar-refractivity contribution is 8.03. The summed E-state index contributed by atoms with van der Waals surface area (Å²) in [6, 6.07) is 1.83. The molecule has 1 saturated carbocycles. The van der Waals surface area contributed by atoms with Crippen molar-refractivity contribution in [1.29, 1.82) is 0 Å². The summed E-state index contributed by atoms with van der Waals surface area (Å²) >= 11 is 1.82. The molecule has 2 aromatic rings. The third-order valence-corrected chi connectivity index (χ3v) is 7.63. The number of fused-ring (bicyclic) bond motifs is 1. The van der Waals surface area contributed by atoms with E-state index in [0.29, 0.717) is 17.6 Å². The molecule has 1 aliphatic carbocycles. The number of rotatable bonds is 3. The Labute approximate surface area is 183 Å². The SMILES string of the molecule is Cc1c(N2CCC3=C(C2)/C(=N/O)CCS3)c(N)cc2c(=O)c(C(=O)O)cn(C3CC3)c12. The highest BCUT2D eigenvalue weighted by atomic mass is 32.2. The number of aryl methyl sites for hydroxylation is 1. The number of anilines is 2. The topological polar surface area (TPSA) is 121 Å². The number of carboxylic acids is 1. The summed E-state index contributed by atoms with van der Waals surface area (Å²) in [6.07, 6.45) is 5.00. The zero-order valence-electron chi connectivity index (χ0n) is 17.2. The molecule has 4 N–H and O–H groups in total. The Bertz CT molecular complexity index is 1240. The standard InChI is InChI=1S/C22H24N4O4S/c1-11-19-13(21(27)15(22(28)29)10-26(19)12-2-3-12)8-16(23)20(11)25-6-4-18-14(9-25)17(24-30)5-7-31-18/h8,10,12,30H,2-7,9,23H2,1H3,(H,28,29)/b24-17+. The first-order valence-corrected chi connectivity index (χ1v) is 11.4. The Balaban J connectivity index is 1.68. The molecule has 2 aliphatic heterocycles. The molecule has 3 aliphatic rings. The number of benzene rings is 1. The van der Waals surface area contributed by atoms with Gasteiger partial charge >= 0.3 is 5.97 Å². The van der Waals surface area contributed by atoms with Gasteiger partial charge in [0, 0.05) is 48.5 Å². The maximum Gasteiger partial charge on any atom is 0.341 e. The van der Waals surface area contributed by atoms with Crippen LogP contribution in [0.5, 0.6) is 0 Å². The van der Waals surface area contributed by atoms with Crippen LogP contribution in [0.25, 0.3) is 10.9 Å². The van der Waals surface area contributed by atoms with Gasteiger partial charge in [0.1, 0.15) is 5.56 Å². The van der Waals surface area contributed by atoms with Crippen LogP contribution in [-0.2, 0) is 0 Å². The molecule has 1 aromatic carbocycles. The van der Waals surface area contributed by atoms with E-state index in [1.807, 2.05) is 23.3 Å². The summed E-state index contributed by atoms with van der Waals surface area (Å²) in [5.41, 5.74) is 10.5. The summed E-state index contributed by atoms with van der Waals surface area (Å²) in [5.74, 6) is -0.294. The zero-order valence-corrected chi connectivity index (χ0v) is 18.0. The van der Waals surface area contributed by atoms with E-state index in [0.717, 1.165) is 66.0 Å². The number of aromatic carboxylic acids is 1. The van der Waals surface area contributed by atoms with Crippen LogP contribution in [0.4, 0.5) is 11.4 Å². The first-order valence-electron chi connectivity index (χ1n) is 10.4. The van der Waals surface area contributed by atoms with Crippen molar-refractivity contribution in [3.05, 3.63) is 44.1 Å². The molecule has 162 valence electrons. The molecule has 31 heavy (non-hydrogen) atoms. The van der Waals surface area contributed by atoms with Crippen LogP contribution in [0.3, 0.4) is 0 Å². The Hall–Kier alpha value is -2.94. The Morgan fingerprint density at radius 2 is 2.10 bits per heavy atom. The van der Waals surface area contributed by atoms with Gasteiger partial charge in [-0.3, -0.25) is 4.79 Å². The monoisotopic (exact) mass is 440 g/mol. The van der Waals surface area contributed by atoms with Crippen molar-refractivity contribution < 1.29 is 15.1 Å².